The van der Waals surface area contributed by atoms with Crippen LogP contribution in [-0.2, 0) is 21.9 Å². The quantitative estimate of drug-likeness (QED) is 0.940. The molecule has 5 nitrogen and oxygen atoms in total. The summed E-state index contributed by atoms with van der Waals surface area (Å²) < 4.78 is 32.2. The predicted octanol–water partition coefficient (Wildman–Crippen LogP) is 3.34. The summed E-state index contributed by atoms with van der Waals surface area (Å²) in [5.74, 6) is 0.518. The van der Waals surface area contributed by atoms with Crippen LogP contribution in [0.4, 0.5) is 5.69 Å². The zero-order valence-corrected chi connectivity index (χ0v) is 13.5. The lowest BCUT2D eigenvalue weighted by atomic mass is 9.87. The number of hydrogen-bond acceptors (Lipinski definition) is 4. The van der Waals surface area contributed by atoms with Gasteiger partial charge >= 0.3 is 0 Å². The first-order valence-corrected chi connectivity index (χ1v) is 8.29. The van der Waals surface area contributed by atoms with E-state index in [2.05, 4.69) is 30.6 Å². The number of nitrogens with one attached hydrogen (secondary N) is 1. The maximum atomic E-state index is 12.3. The second kappa shape index (κ2) is 5.52. The minimum absolute atomic E-state index is 0.0143. The molecule has 0 fully saturated rings. The molecule has 0 unspecified atom stereocenters. The Morgan fingerprint density at radius 3 is 2.33 bits per heavy atom. The molecule has 0 bridgehead atoms. The highest BCUT2D eigenvalue weighted by molar-refractivity contribution is 7.92. The third-order valence-corrected chi connectivity index (χ3v) is 4.62. The molecule has 0 saturated heterocycles. The van der Waals surface area contributed by atoms with Gasteiger partial charge in [0, 0.05) is 6.42 Å². The highest BCUT2D eigenvalue weighted by atomic mass is 32.2. The fraction of sp³-hybridized carbons (Fsp3) is 0.400. The zero-order valence-electron chi connectivity index (χ0n) is 12.7. The Morgan fingerprint density at radius 1 is 1.19 bits per heavy atom. The fourth-order valence-electron chi connectivity index (χ4n) is 1.94. The Hall–Kier alpha value is -1.82. The van der Waals surface area contributed by atoms with Crippen LogP contribution in [0.1, 0.15) is 39.0 Å². The van der Waals surface area contributed by atoms with Gasteiger partial charge in [0.25, 0.3) is 10.0 Å². The van der Waals surface area contributed by atoms with E-state index in [9.17, 15) is 8.42 Å². The molecule has 2 aromatic rings. The van der Waals surface area contributed by atoms with Crippen molar-refractivity contribution in [3.8, 4) is 0 Å². The van der Waals surface area contributed by atoms with Crippen LogP contribution >= 0.6 is 0 Å². The molecule has 0 saturated carbocycles. The Kier molecular flexibility index (Phi) is 4.09. The van der Waals surface area contributed by atoms with Crippen molar-refractivity contribution in [2.75, 3.05) is 4.72 Å². The summed E-state index contributed by atoms with van der Waals surface area (Å²) in [7, 11) is -3.63. The van der Waals surface area contributed by atoms with Crippen molar-refractivity contribution in [1.82, 2.24) is 5.16 Å². The molecule has 0 aliphatic carbocycles. The van der Waals surface area contributed by atoms with Crippen molar-refractivity contribution in [2.45, 2.75) is 44.4 Å². The number of hydrogen-bond donors (Lipinski definition) is 1. The summed E-state index contributed by atoms with van der Waals surface area (Å²) in [4.78, 5) is 0.221. The van der Waals surface area contributed by atoms with E-state index in [1.54, 1.807) is 12.1 Å². The molecule has 1 aromatic carbocycles. The molecule has 0 radical (unpaired) electrons. The van der Waals surface area contributed by atoms with E-state index in [1.165, 1.54) is 6.20 Å². The number of aromatic nitrogens is 1. The summed E-state index contributed by atoms with van der Waals surface area (Å²) in [5, 5.41) is 3.62. The number of sulfonamides is 1. The van der Waals surface area contributed by atoms with Crippen molar-refractivity contribution in [2.24, 2.45) is 0 Å². The van der Waals surface area contributed by atoms with Crippen LogP contribution in [0.25, 0.3) is 0 Å². The van der Waals surface area contributed by atoms with Gasteiger partial charge in [0.15, 0.2) is 5.76 Å². The lowest BCUT2D eigenvalue weighted by Gasteiger charge is -2.19. The second-order valence-corrected chi connectivity index (χ2v) is 7.58. The van der Waals surface area contributed by atoms with Gasteiger partial charge in [-0.3, -0.25) is 4.72 Å². The van der Waals surface area contributed by atoms with E-state index in [-0.39, 0.29) is 10.3 Å². The number of benzene rings is 1. The molecule has 114 valence electrons. The van der Waals surface area contributed by atoms with Crippen molar-refractivity contribution in [3.05, 3.63) is 41.8 Å². The molecule has 0 aliphatic heterocycles. The van der Waals surface area contributed by atoms with Crippen LogP contribution in [-0.4, -0.2) is 13.6 Å². The van der Waals surface area contributed by atoms with Crippen LogP contribution in [0.5, 0.6) is 0 Å². The predicted molar refractivity (Wildman–Crippen MR) is 81.8 cm³/mol. The number of anilines is 1. The van der Waals surface area contributed by atoms with E-state index in [0.29, 0.717) is 17.9 Å². The number of aryl methyl sites for hydroxylation is 1. The van der Waals surface area contributed by atoms with Gasteiger partial charge in [-0.05, 0) is 23.1 Å². The molecule has 6 heteroatoms. The molecule has 0 amide bonds. The fourth-order valence-corrected chi connectivity index (χ4v) is 3.01. The minimum atomic E-state index is -3.63. The summed E-state index contributed by atoms with van der Waals surface area (Å²) in [6, 6.07) is 6.90. The van der Waals surface area contributed by atoms with E-state index in [1.807, 2.05) is 19.1 Å². The first kappa shape index (κ1) is 15.6. The van der Waals surface area contributed by atoms with Gasteiger partial charge in [0.1, 0.15) is 5.69 Å². The van der Waals surface area contributed by atoms with Gasteiger partial charge in [-0.25, -0.2) is 8.42 Å². The van der Waals surface area contributed by atoms with E-state index >= 15 is 0 Å². The van der Waals surface area contributed by atoms with Gasteiger partial charge in [-0.15, -0.1) is 0 Å². The van der Waals surface area contributed by atoms with Gasteiger partial charge in [-0.2, -0.15) is 0 Å². The highest BCUT2D eigenvalue weighted by Crippen LogP contribution is 2.25. The highest BCUT2D eigenvalue weighted by Gasteiger charge is 2.19. The molecular weight excluding hydrogens is 288 g/mol. The maximum Gasteiger partial charge on any atom is 0.262 e. The van der Waals surface area contributed by atoms with Crippen LogP contribution in [0.2, 0.25) is 0 Å². The van der Waals surface area contributed by atoms with Gasteiger partial charge in [0.2, 0.25) is 0 Å². The summed E-state index contributed by atoms with van der Waals surface area (Å²) in [6.45, 7) is 8.12. The van der Waals surface area contributed by atoms with Crippen LogP contribution in [0.3, 0.4) is 0 Å². The lowest BCUT2D eigenvalue weighted by molar-refractivity contribution is 0.387. The first-order valence-electron chi connectivity index (χ1n) is 6.81. The SMILES string of the molecule is CCc1oncc1NS(=O)(=O)c1ccc(C(C)(C)C)cc1. The van der Waals surface area contributed by atoms with Crippen LogP contribution < -0.4 is 4.72 Å². The molecule has 0 atom stereocenters. The normalized spacial score (nSPS) is 12.4. The van der Waals surface area contributed by atoms with Gasteiger partial charge in [0.05, 0.1) is 11.1 Å². The monoisotopic (exact) mass is 308 g/mol. The molecule has 1 heterocycles. The molecule has 1 N–H and O–H groups in total. The molecular formula is C15H20N2O3S. The third kappa shape index (κ3) is 3.44. The number of nitrogens with zero attached hydrogens (tertiary/aromatic N) is 1. The van der Waals surface area contributed by atoms with Crippen molar-refractivity contribution < 1.29 is 12.9 Å². The van der Waals surface area contributed by atoms with Crippen LogP contribution in [0.15, 0.2) is 39.9 Å². The Balaban J connectivity index is 2.28. The molecule has 21 heavy (non-hydrogen) atoms. The van der Waals surface area contributed by atoms with Gasteiger partial charge < -0.3 is 4.52 Å². The van der Waals surface area contributed by atoms with E-state index in [4.69, 9.17) is 4.52 Å². The Morgan fingerprint density at radius 2 is 1.81 bits per heavy atom. The summed E-state index contributed by atoms with van der Waals surface area (Å²) >= 11 is 0. The summed E-state index contributed by atoms with van der Waals surface area (Å²) in [5.41, 5.74) is 1.46. The smallest absolute Gasteiger partial charge is 0.262 e. The first-order chi connectivity index (χ1) is 9.74. The Labute approximate surface area is 125 Å². The zero-order chi connectivity index (χ0) is 15.7. The maximum absolute atomic E-state index is 12.3. The molecule has 1 aromatic heterocycles. The Bertz CT molecular complexity index is 710. The van der Waals surface area contributed by atoms with Crippen molar-refractivity contribution in [3.63, 3.8) is 0 Å². The van der Waals surface area contributed by atoms with Gasteiger partial charge in [-0.1, -0.05) is 45.0 Å². The minimum Gasteiger partial charge on any atom is -0.359 e. The third-order valence-electron chi connectivity index (χ3n) is 3.24. The van der Waals surface area contributed by atoms with Crippen molar-refractivity contribution >= 4 is 15.7 Å². The van der Waals surface area contributed by atoms with E-state index < -0.39 is 10.0 Å². The average molecular weight is 308 g/mol. The van der Waals surface area contributed by atoms with E-state index in [0.717, 1.165) is 5.56 Å². The molecule has 2 rings (SSSR count). The summed E-state index contributed by atoms with van der Waals surface area (Å²) in [6.07, 6.45) is 1.95. The lowest BCUT2D eigenvalue weighted by Crippen LogP contribution is -2.15. The average Bonchev–Trinajstić information content (AvgIpc) is 2.84. The van der Waals surface area contributed by atoms with Crippen molar-refractivity contribution in [1.29, 1.82) is 0 Å². The standard InChI is InChI=1S/C15H20N2O3S/c1-5-14-13(10-16-20-14)17-21(18,19)12-8-6-11(7-9-12)15(2,3)4/h6-10,17H,5H2,1-4H3. The van der Waals surface area contributed by atoms with Crippen LogP contribution in [0, 0.1) is 0 Å². The largest absolute Gasteiger partial charge is 0.359 e. The second-order valence-electron chi connectivity index (χ2n) is 5.90. The number of rotatable bonds is 4. The topological polar surface area (TPSA) is 72.2 Å². The molecule has 0 aliphatic rings. The molecule has 0 spiro atoms.